The Hall–Kier alpha value is -3.13. The molecule has 0 bridgehead atoms. The third-order valence-corrected chi connectivity index (χ3v) is 4.50. The second-order valence-corrected chi connectivity index (χ2v) is 7.14. The van der Waals surface area contributed by atoms with Gasteiger partial charge in [-0.1, -0.05) is 0 Å². The third-order valence-electron chi connectivity index (χ3n) is 4.13. The van der Waals surface area contributed by atoms with Crippen molar-refractivity contribution in [2.75, 3.05) is 5.75 Å². The monoisotopic (exact) mass is 457 g/mol. The molecule has 0 aliphatic rings. The van der Waals surface area contributed by atoms with E-state index in [2.05, 4.69) is 38.5 Å². The van der Waals surface area contributed by atoms with E-state index in [9.17, 15) is 24.0 Å². The second-order valence-electron chi connectivity index (χ2n) is 6.78. The molecular weight excluding hydrogens is 430 g/mol. The third kappa shape index (κ3) is 9.04. The highest BCUT2D eigenvalue weighted by atomic mass is 32.1. The van der Waals surface area contributed by atoms with Gasteiger partial charge < -0.3 is 37.5 Å². The van der Waals surface area contributed by atoms with Crippen LogP contribution in [0.2, 0.25) is 0 Å². The standard InChI is InChI=1S/C17H27N7O6S/c1-8(18)14(26)22-10(2-3-13(19)25)15(27)23-11(4-9-5-20-7-21-9)16(28)24-12(6-31)17(29)30/h5,7-8,10-12,31H,2-4,6,18H2,1H3,(H2,19,25)(H,20,21)(H,22,26)(H,23,27)(H,24,28)(H,29,30). The van der Waals surface area contributed by atoms with Crippen LogP contribution >= 0.6 is 12.6 Å². The van der Waals surface area contributed by atoms with Gasteiger partial charge in [-0.15, -0.1) is 0 Å². The molecule has 0 radical (unpaired) electrons. The van der Waals surface area contributed by atoms with E-state index in [1.54, 1.807) is 0 Å². The highest BCUT2D eigenvalue weighted by Gasteiger charge is 2.30. The number of hydrogen-bond donors (Lipinski definition) is 8. The van der Waals surface area contributed by atoms with Crippen molar-refractivity contribution in [3.05, 3.63) is 18.2 Å². The summed E-state index contributed by atoms with van der Waals surface area (Å²) in [5.74, 6) is -4.34. The molecule has 1 aromatic rings. The Kier molecular flexibility index (Phi) is 10.5. The minimum absolute atomic E-state index is 0.0414. The first kappa shape index (κ1) is 25.9. The zero-order chi connectivity index (χ0) is 23.6. The molecule has 31 heavy (non-hydrogen) atoms. The van der Waals surface area contributed by atoms with E-state index in [1.807, 2.05) is 0 Å². The van der Waals surface area contributed by atoms with Gasteiger partial charge in [0, 0.05) is 30.5 Å². The predicted molar refractivity (Wildman–Crippen MR) is 112 cm³/mol. The lowest BCUT2D eigenvalue weighted by molar-refractivity contribution is -0.141. The van der Waals surface area contributed by atoms with Gasteiger partial charge in [0.1, 0.15) is 18.1 Å². The minimum atomic E-state index is -1.29. The average Bonchev–Trinajstić information content (AvgIpc) is 3.20. The molecule has 13 nitrogen and oxygen atoms in total. The molecule has 0 saturated heterocycles. The van der Waals surface area contributed by atoms with Gasteiger partial charge in [-0.3, -0.25) is 19.2 Å². The van der Waals surface area contributed by atoms with Crippen LogP contribution in [0.3, 0.4) is 0 Å². The summed E-state index contributed by atoms with van der Waals surface area (Å²) >= 11 is 3.89. The fourth-order valence-electron chi connectivity index (χ4n) is 2.41. The largest absolute Gasteiger partial charge is 0.480 e. The van der Waals surface area contributed by atoms with Gasteiger partial charge in [0.05, 0.1) is 12.4 Å². The smallest absolute Gasteiger partial charge is 0.327 e. The van der Waals surface area contributed by atoms with E-state index >= 15 is 0 Å². The first-order valence-electron chi connectivity index (χ1n) is 9.31. The molecule has 14 heteroatoms. The Morgan fingerprint density at radius 3 is 2.16 bits per heavy atom. The minimum Gasteiger partial charge on any atom is -0.480 e. The number of nitrogens with one attached hydrogen (secondary N) is 4. The molecule has 1 aromatic heterocycles. The van der Waals surface area contributed by atoms with Gasteiger partial charge in [-0.25, -0.2) is 9.78 Å². The van der Waals surface area contributed by atoms with Crippen molar-refractivity contribution in [2.24, 2.45) is 11.5 Å². The van der Waals surface area contributed by atoms with E-state index in [0.29, 0.717) is 5.69 Å². The van der Waals surface area contributed by atoms with E-state index in [-0.39, 0.29) is 25.0 Å². The number of aromatic amines is 1. The highest BCUT2D eigenvalue weighted by molar-refractivity contribution is 7.80. The van der Waals surface area contributed by atoms with Crippen LogP contribution in [-0.4, -0.2) is 74.6 Å². The number of carboxylic acids is 1. The molecule has 0 saturated carbocycles. The number of nitrogens with zero attached hydrogens (tertiary/aromatic N) is 1. The number of thiol groups is 1. The lowest BCUT2D eigenvalue weighted by Crippen LogP contribution is -2.57. The van der Waals surface area contributed by atoms with Crippen LogP contribution in [0.1, 0.15) is 25.5 Å². The number of hydrogen-bond acceptors (Lipinski definition) is 8. The number of aliphatic carboxylic acids is 1. The topological polar surface area (TPSA) is 222 Å². The first-order chi connectivity index (χ1) is 14.5. The number of aromatic nitrogens is 2. The molecule has 172 valence electrons. The summed E-state index contributed by atoms with van der Waals surface area (Å²) in [4.78, 5) is 66.3. The van der Waals surface area contributed by atoms with Crippen molar-refractivity contribution in [1.82, 2.24) is 25.9 Å². The molecule has 0 fully saturated rings. The fraction of sp³-hybridized carbons (Fsp3) is 0.529. The van der Waals surface area contributed by atoms with Crippen molar-refractivity contribution in [3.63, 3.8) is 0 Å². The summed E-state index contributed by atoms with van der Waals surface area (Å²) < 4.78 is 0. The molecule has 0 spiro atoms. The van der Waals surface area contributed by atoms with E-state index in [4.69, 9.17) is 16.6 Å². The molecule has 1 rings (SSSR count). The van der Waals surface area contributed by atoms with Gasteiger partial charge >= 0.3 is 5.97 Å². The van der Waals surface area contributed by atoms with E-state index in [1.165, 1.54) is 19.4 Å². The van der Waals surface area contributed by atoms with Crippen molar-refractivity contribution >= 4 is 42.2 Å². The number of H-pyrrole nitrogens is 1. The van der Waals surface area contributed by atoms with Gasteiger partial charge in [0.15, 0.2) is 0 Å². The fourth-order valence-corrected chi connectivity index (χ4v) is 2.66. The molecule has 1 heterocycles. The summed E-state index contributed by atoms with van der Waals surface area (Å²) in [6, 6.07) is -4.60. The van der Waals surface area contributed by atoms with Crippen LogP contribution in [0.25, 0.3) is 0 Å². The first-order valence-corrected chi connectivity index (χ1v) is 9.94. The number of rotatable bonds is 13. The second kappa shape index (κ2) is 12.5. The van der Waals surface area contributed by atoms with Gasteiger partial charge in [-0.2, -0.15) is 12.6 Å². The molecule has 0 aromatic carbocycles. The molecule has 4 amide bonds. The maximum Gasteiger partial charge on any atom is 0.327 e. The number of amides is 4. The summed E-state index contributed by atoms with van der Waals surface area (Å²) in [5, 5.41) is 16.3. The van der Waals surface area contributed by atoms with E-state index in [0.717, 1.165) is 0 Å². The van der Waals surface area contributed by atoms with Crippen molar-refractivity contribution in [1.29, 1.82) is 0 Å². The zero-order valence-corrected chi connectivity index (χ0v) is 17.7. The van der Waals surface area contributed by atoms with Gasteiger partial charge in [0.2, 0.25) is 23.6 Å². The Morgan fingerprint density at radius 1 is 1.10 bits per heavy atom. The summed E-state index contributed by atoms with van der Waals surface area (Å²) in [7, 11) is 0. The Bertz CT molecular complexity index is 786. The zero-order valence-electron chi connectivity index (χ0n) is 16.8. The lowest BCUT2D eigenvalue weighted by atomic mass is 10.1. The van der Waals surface area contributed by atoms with Crippen LogP contribution in [0, 0.1) is 0 Å². The Morgan fingerprint density at radius 2 is 1.68 bits per heavy atom. The molecule has 4 unspecified atom stereocenters. The number of carbonyl (C=O) groups excluding carboxylic acids is 4. The van der Waals surface area contributed by atoms with Gasteiger partial charge in [-0.05, 0) is 13.3 Å². The Balaban J connectivity index is 3.01. The maximum atomic E-state index is 12.8. The molecular formula is C17H27N7O6S. The summed E-state index contributed by atoms with van der Waals surface area (Å²) in [5.41, 5.74) is 11.1. The molecule has 4 atom stereocenters. The quantitative estimate of drug-likeness (QED) is 0.142. The van der Waals surface area contributed by atoms with Gasteiger partial charge in [0.25, 0.3) is 0 Å². The predicted octanol–water partition coefficient (Wildman–Crippen LogP) is -2.97. The molecule has 0 aliphatic heterocycles. The van der Waals surface area contributed by atoms with Crippen molar-refractivity contribution < 1.29 is 29.1 Å². The number of imidazole rings is 1. The van der Waals surface area contributed by atoms with Crippen LogP contribution in [0.4, 0.5) is 0 Å². The van der Waals surface area contributed by atoms with Crippen molar-refractivity contribution in [3.8, 4) is 0 Å². The lowest BCUT2D eigenvalue weighted by Gasteiger charge is -2.24. The highest BCUT2D eigenvalue weighted by Crippen LogP contribution is 2.04. The summed E-state index contributed by atoms with van der Waals surface area (Å²) in [6.45, 7) is 1.41. The number of carboxylic acid groups (broad SMARTS) is 1. The van der Waals surface area contributed by atoms with Crippen LogP contribution in [0.15, 0.2) is 12.5 Å². The molecule has 9 N–H and O–H groups in total. The number of nitrogens with two attached hydrogens (primary N) is 2. The number of carbonyl (C=O) groups is 5. The van der Waals surface area contributed by atoms with Crippen molar-refractivity contribution in [2.45, 2.75) is 50.4 Å². The van der Waals surface area contributed by atoms with Crippen LogP contribution < -0.4 is 27.4 Å². The Labute approximate surface area is 183 Å². The number of primary amides is 1. The summed E-state index contributed by atoms with van der Waals surface area (Å²) in [6.07, 6.45) is 2.45. The molecule has 0 aliphatic carbocycles. The van der Waals surface area contributed by atoms with Crippen LogP contribution in [-0.2, 0) is 30.4 Å². The average molecular weight is 458 g/mol. The SMILES string of the molecule is CC(N)C(=O)NC(CCC(N)=O)C(=O)NC(Cc1cnc[nH]1)C(=O)NC(CS)C(=O)O. The van der Waals surface area contributed by atoms with E-state index < -0.39 is 53.8 Å². The maximum absolute atomic E-state index is 12.8. The van der Waals surface area contributed by atoms with Crippen LogP contribution in [0.5, 0.6) is 0 Å². The normalized spacial score (nSPS) is 14.5.